The maximum atomic E-state index is 3.74. The van der Waals surface area contributed by atoms with E-state index >= 15 is 0 Å². The van der Waals surface area contributed by atoms with E-state index in [-0.39, 0.29) is 0 Å². The van der Waals surface area contributed by atoms with Gasteiger partial charge in [0.2, 0.25) is 0 Å². The summed E-state index contributed by atoms with van der Waals surface area (Å²) < 4.78 is 0. The summed E-state index contributed by atoms with van der Waals surface area (Å²) in [5, 5.41) is 1.14. The van der Waals surface area contributed by atoms with Gasteiger partial charge >= 0.3 is 0 Å². The smallest absolute Gasteiger partial charge is 0.01000 e. The first-order valence-electron chi connectivity index (χ1n) is 7.87. The summed E-state index contributed by atoms with van der Waals surface area (Å²) >= 11 is 3.74. The lowest BCUT2D eigenvalue weighted by Crippen LogP contribution is -2.43. The Hall–Kier alpha value is 0.440. The van der Waals surface area contributed by atoms with Crippen molar-refractivity contribution in [3.63, 3.8) is 0 Å². The molecule has 0 spiro atoms. The molecule has 1 aliphatic carbocycles. The molecule has 18 heavy (non-hydrogen) atoms. The third-order valence-electron chi connectivity index (χ3n) is 5.39. The Bertz CT molecular complexity index is 209. The van der Waals surface area contributed by atoms with Gasteiger partial charge in [-0.05, 0) is 56.9 Å². The van der Waals surface area contributed by atoms with E-state index < -0.39 is 0 Å². The van der Waals surface area contributed by atoms with Crippen LogP contribution in [0, 0.1) is 11.3 Å². The molecule has 1 rings (SSSR count). The zero-order valence-corrected chi connectivity index (χ0v) is 14.4. The molecule has 0 aromatic rings. The molecular formula is C16H32BrN. The summed E-state index contributed by atoms with van der Waals surface area (Å²) in [6.45, 7) is 8.28. The van der Waals surface area contributed by atoms with E-state index in [0.717, 1.165) is 17.3 Å². The fourth-order valence-corrected chi connectivity index (χ4v) is 4.33. The molecule has 1 saturated carbocycles. The first kappa shape index (κ1) is 16.5. The molecule has 108 valence electrons. The molecular weight excluding hydrogens is 286 g/mol. The maximum absolute atomic E-state index is 3.74. The maximum Gasteiger partial charge on any atom is 0.01000 e. The summed E-state index contributed by atoms with van der Waals surface area (Å²) in [6, 6.07) is 0.837. The van der Waals surface area contributed by atoms with E-state index in [9.17, 15) is 0 Å². The Morgan fingerprint density at radius 1 is 1.06 bits per heavy atom. The van der Waals surface area contributed by atoms with Crippen LogP contribution >= 0.6 is 15.9 Å². The summed E-state index contributed by atoms with van der Waals surface area (Å²) in [5.41, 5.74) is 0.482. The minimum atomic E-state index is 0.482. The first-order valence-corrected chi connectivity index (χ1v) is 8.99. The van der Waals surface area contributed by atoms with Crippen molar-refractivity contribution in [1.29, 1.82) is 0 Å². The van der Waals surface area contributed by atoms with Crippen molar-refractivity contribution in [1.82, 2.24) is 4.90 Å². The van der Waals surface area contributed by atoms with Crippen molar-refractivity contribution < 1.29 is 0 Å². The Morgan fingerprint density at radius 3 is 2.00 bits per heavy atom. The van der Waals surface area contributed by atoms with Gasteiger partial charge in [0.05, 0.1) is 0 Å². The molecule has 0 aliphatic heterocycles. The Morgan fingerprint density at radius 2 is 1.61 bits per heavy atom. The van der Waals surface area contributed by atoms with Crippen LogP contribution in [0.1, 0.15) is 65.7 Å². The van der Waals surface area contributed by atoms with E-state index in [4.69, 9.17) is 0 Å². The van der Waals surface area contributed by atoms with Gasteiger partial charge in [0, 0.05) is 17.9 Å². The quantitative estimate of drug-likeness (QED) is 0.591. The van der Waals surface area contributed by atoms with Crippen molar-refractivity contribution in [2.75, 3.05) is 18.9 Å². The highest BCUT2D eigenvalue weighted by Gasteiger charge is 2.30. The average molecular weight is 318 g/mol. The van der Waals surface area contributed by atoms with Gasteiger partial charge in [0.1, 0.15) is 0 Å². The predicted octanol–water partition coefficient (Wildman–Crippen LogP) is 5.09. The van der Waals surface area contributed by atoms with Gasteiger partial charge in [0.15, 0.2) is 0 Å². The van der Waals surface area contributed by atoms with Gasteiger partial charge in [-0.15, -0.1) is 0 Å². The van der Waals surface area contributed by atoms with Crippen molar-refractivity contribution in [2.24, 2.45) is 11.3 Å². The van der Waals surface area contributed by atoms with E-state index in [1.165, 1.54) is 51.5 Å². The number of hydrogen-bond donors (Lipinski definition) is 0. The highest BCUT2D eigenvalue weighted by Crippen LogP contribution is 2.34. The highest BCUT2D eigenvalue weighted by atomic mass is 79.9. The Kier molecular flexibility index (Phi) is 7.23. The third kappa shape index (κ3) is 4.23. The molecule has 0 saturated heterocycles. The number of hydrogen-bond acceptors (Lipinski definition) is 1. The number of rotatable bonds is 7. The molecule has 2 heteroatoms. The van der Waals surface area contributed by atoms with Crippen LogP contribution in [0.4, 0.5) is 0 Å². The number of alkyl halides is 1. The lowest BCUT2D eigenvalue weighted by molar-refractivity contribution is 0.107. The molecule has 1 aliphatic rings. The molecule has 0 amide bonds. The van der Waals surface area contributed by atoms with Gasteiger partial charge in [-0.1, -0.05) is 43.1 Å². The molecule has 0 aromatic heterocycles. The SMILES string of the molecule is CCC1CCC(N(C)CC(CC)(CC)CBr)CC1. The first-order chi connectivity index (χ1) is 8.60. The van der Waals surface area contributed by atoms with Gasteiger partial charge in [-0.3, -0.25) is 0 Å². The van der Waals surface area contributed by atoms with Crippen LogP contribution in [0.25, 0.3) is 0 Å². The van der Waals surface area contributed by atoms with Crippen molar-refractivity contribution in [3.8, 4) is 0 Å². The normalized spacial score (nSPS) is 25.7. The van der Waals surface area contributed by atoms with Crippen molar-refractivity contribution >= 4 is 15.9 Å². The highest BCUT2D eigenvalue weighted by molar-refractivity contribution is 9.09. The van der Waals surface area contributed by atoms with E-state index in [1.54, 1.807) is 0 Å². The van der Waals surface area contributed by atoms with Crippen LogP contribution in [0.2, 0.25) is 0 Å². The zero-order chi connectivity index (χ0) is 13.6. The standard InChI is InChI=1S/C16H32BrN/c1-5-14-8-10-15(11-9-14)18(4)13-16(6-2,7-3)12-17/h14-15H,5-13H2,1-4H3. The molecule has 0 unspecified atom stereocenters. The lowest BCUT2D eigenvalue weighted by atomic mass is 9.81. The molecule has 0 radical (unpaired) electrons. The van der Waals surface area contributed by atoms with Gasteiger partial charge in [-0.25, -0.2) is 0 Å². The largest absolute Gasteiger partial charge is 0.303 e. The van der Waals surface area contributed by atoms with Crippen molar-refractivity contribution in [3.05, 3.63) is 0 Å². The fourth-order valence-electron chi connectivity index (χ4n) is 3.36. The van der Waals surface area contributed by atoms with Gasteiger partial charge < -0.3 is 4.90 Å². The van der Waals surface area contributed by atoms with Crippen LogP contribution in [0.3, 0.4) is 0 Å². The second-order valence-electron chi connectivity index (χ2n) is 6.34. The Balaban J connectivity index is 2.47. The van der Waals surface area contributed by atoms with Gasteiger partial charge in [0.25, 0.3) is 0 Å². The topological polar surface area (TPSA) is 3.24 Å². The Labute approximate surface area is 123 Å². The van der Waals surface area contributed by atoms with E-state index in [0.29, 0.717) is 5.41 Å². The molecule has 0 heterocycles. The fraction of sp³-hybridized carbons (Fsp3) is 1.00. The molecule has 0 atom stereocenters. The summed E-state index contributed by atoms with van der Waals surface area (Å²) in [5.74, 6) is 1.01. The summed E-state index contributed by atoms with van der Waals surface area (Å²) in [4.78, 5) is 2.65. The zero-order valence-electron chi connectivity index (χ0n) is 12.8. The van der Waals surface area contributed by atoms with E-state index in [2.05, 4.69) is 48.6 Å². The van der Waals surface area contributed by atoms with Crippen LogP contribution in [-0.4, -0.2) is 29.9 Å². The number of nitrogens with zero attached hydrogens (tertiary/aromatic N) is 1. The summed E-state index contributed by atoms with van der Waals surface area (Å²) in [6.07, 6.45) is 9.68. The predicted molar refractivity (Wildman–Crippen MR) is 85.5 cm³/mol. The molecule has 0 aromatic carbocycles. The van der Waals surface area contributed by atoms with Crippen LogP contribution < -0.4 is 0 Å². The van der Waals surface area contributed by atoms with Crippen LogP contribution in [0.15, 0.2) is 0 Å². The lowest BCUT2D eigenvalue weighted by Gasteiger charge is -2.40. The second-order valence-corrected chi connectivity index (χ2v) is 6.90. The molecule has 0 N–H and O–H groups in total. The monoisotopic (exact) mass is 317 g/mol. The molecule has 1 nitrogen and oxygen atoms in total. The van der Waals surface area contributed by atoms with E-state index in [1.807, 2.05) is 0 Å². The third-order valence-corrected chi connectivity index (χ3v) is 6.57. The summed E-state index contributed by atoms with van der Waals surface area (Å²) in [7, 11) is 2.35. The van der Waals surface area contributed by atoms with Crippen LogP contribution in [-0.2, 0) is 0 Å². The second kappa shape index (κ2) is 7.89. The molecule has 1 fully saturated rings. The average Bonchev–Trinajstić information content (AvgIpc) is 2.45. The van der Waals surface area contributed by atoms with Gasteiger partial charge in [-0.2, -0.15) is 0 Å². The number of halogens is 1. The molecule has 0 bridgehead atoms. The van der Waals surface area contributed by atoms with Crippen LogP contribution in [0.5, 0.6) is 0 Å². The minimum absolute atomic E-state index is 0.482. The minimum Gasteiger partial charge on any atom is -0.303 e. The van der Waals surface area contributed by atoms with Crippen molar-refractivity contribution in [2.45, 2.75) is 71.8 Å².